The molecular weight excluding hydrogens is 448 g/mol. The predicted molar refractivity (Wildman–Crippen MR) is 148 cm³/mol. The SMILES string of the molecule is CCNC(=O)c1cnc(Nc2ccc3c(c2)CC(N(C)C)CC3)cc1Nc1cccc(C(C)(C)C)n1. The third-order valence-corrected chi connectivity index (χ3v) is 6.68. The smallest absolute Gasteiger partial charge is 0.254 e. The number of hydrogen-bond donors (Lipinski definition) is 3. The molecule has 0 fully saturated rings. The molecule has 0 radical (unpaired) electrons. The van der Waals surface area contributed by atoms with Crippen molar-refractivity contribution < 1.29 is 4.79 Å². The normalized spacial score (nSPS) is 15.4. The molecule has 7 nitrogen and oxygen atoms in total. The summed E-state index contributed by atoms with van der Waals surface area (Å²) in [5.41, 5.74) is 5.82. The van der Waals surface area contributed by atoms with Gasteiger partial charge in [0.2, 0.25) is 0 Å². The van der Waals surface area contributed by atoms with E-state index in [1.165, 1.54) is 17.5 Å². The molecule has 0 aliphatic heterocycles. The number of rotatable bonds is 7. The van der Waals surface area contributed by atoms with Gasteiger partial charge in [0.1, 0.15) is 11.6 Å². The maximum Gasteiger partial charge on any atom is 0.254 e. The number of nitrogens with zero attached hydrogens (tertiary/aromatic N) is 3. The molecule has 0 saturated carbocycles. The van der Waals surface area contributed by atoms with Crippen LogP contribution in [0.5, 0.6) is 0 Å². The summed E-state index contributed by atoms with van der Waals surface area (Å²) < 4.78 is 0. The maximum absolute atomic E-state index is 12.8. The lowest BCUT2D eigenvalue weighted by Crippen LogP contribution is -2.33. The van der Waals surface area contributed by atoms with Crippen LogP contribution in [0.3, 0.4) is 0 Å². The summed E-state index contributed by atoms with van der Waals surface area (Å²) in [4.78, 5) is 24.4. The number of carbonyl (C=O) groups excluding carboxylic acids is 1. The fourth-order valence-electron chi connectivity index (χ4n) is 4.53. The Morgan fingerprint density at radius 1 is 1.06 bits per heavy atom. The second-order valence-electron chi connectivity index (χ2n) is 10.7. The molecule has 4 rings (SSSR count). The topological polar surface area (TPSA) is 82.2 Å². The van der Waals surface area contributed by atoms with Crippen molar-refractivity contribution in [3.63, 3.8) is 0 Å². The summed E-state index contributed by atoms with van der Waals surface area (Å²) in [5.74, 6) is 1.18. The van der Waals surface area contributed by atoms with Gasteiger partial charge in [-0.25, -0.2) is 9.97 Å². The van der Waals surface area contributed by atoms with Crippen LogP contribution in [0, 0.1) is 0 Å². The summed E-state index contributed by atoms with van der Waals surface area (Å²) in [6, 6.07) is 14.9. The Morgan fingerprint density at radius 3 is 2.58 bits per heavy atom. The minimum Gasteiger partial charge on any atom is -0.352 e. The average molecular weight is 487 g/mol. The number of amides is 1. The Balaban J connectivity index is 1.62. The van der Waals surface area contributed by atoms with Crippen LogP contribution in [0.25, 0.3) is 0 Å². The van der Waals surface area contributed by atoms with Crippen LogP contribution in [-0.4, -0.2) is 47.5 Å². The summed E-state index contributed by atoms with van der Waals surface area (Å²) in [5, 5.41) is 9.68. The van der Waals surface area contributed by atoms with Gasteiger partial charge in [0.25, 0.3) is 5.91 Å². The van der Waals surface area contributed by atoms with Crippen molar-refractivity contribution >= 4 is 28.9 Å². The number of likely N-dealkylation sites (N-methyl/N-ethyl adjacent to an activating group) is 1. The molecule has 3 aromatic rings. The highest BCUT2D eigenvalue weighted by Crippen LogP contribution is 2.29. The van der Waals surface area contributed by atoms with E-state index in [9.17, 15) is 4.79 Å². The Labute approximate surface area is 214 Å². The Bertz CT molecular complexity index is 1230. The fraction of sp³-hybridized carbons (Fsp3) is 0.414. The van der Waals surface area contributed by atoms with Crippen LogP contribution in [0.1, 0.15) is 61.3 Å². The number of hydrogen-bond acceptors (Lipinski definition) is 6. The molecule has 0 saturated heterocycles. The zero-order chi connectivity index (χ0) is 25.9. The molecule has 190 valence electrons. The highest BCUT2D eigenvalue weighted by Gasteiger charge is 2.21. The molecule has 1 aliphatic rings. The number of carbonyl (C=O) groups is 1. The summed E-state index contributed by atoms with van der Waals surface area (Å²) in [6.45, 7) is 8.84. The van der Waals surface area contributed by atoms with E-state index < -0.39 is 0 Å². The average Bonchev–Trinajstić information content (AvgIpc) is 2.83. The van der Waals surface area contributed by atoms with Gasteiger partial charge in [-0.2, -0.15) is 0 Å². The molecule has 2 aromatic heterocycles. The van der Waals surface area contributed by atoms with E-state index in [2.05, 4.69) is 78.9 Å². The van der Waals surface area contributed by atoms with Crippen molar-refractivity contribution in [2.75, 3.05) is 31.3 Å². The molecule has 36 heavy (non-hydrogen) atoms. The number of anilines is 4. The van der Waals surface area contributed by atoms with Crippen LogP contribution in [0.4, 0.5) is 23.0 Å². The second kappa shape index (κ2) is 10.7. The van der Waals surface area contributed by atoms with Gasteiger partial charge < -0.3 is 20.9 Å². The number of fused-ring (bicyclic) bond motifs is 1. The van der Waals surface area contributed by atoms with Gasteiger partial charge in [-0.15, -0.1) is 0 Å². The molecule has 0 spiro atoms. The molecule has 1 aromatic carbocycles. The summed E-state index contributed by atoms with van der Waals surface area (Å²) >= 11 is 0. The van der Waals surface area contributed by atoms with Crippen molar-refractivity contribution in [2.45, 2.75) is 58.4 Å². The lowest BCUT2D eigenvalue weighted by Gasteiger charge is -2.30. The minimum absolute atomic E-state index is 0.0803. The maximum atomic E-state index is 12.8. The van der Waals surface area contributed by atoms with Crippen LogP contribution in [-0.2, 0) is 18.3 Å². The number of aryl methyl sites for hydroxylation is 1. The largest absolute Gasteiger partial charge is 0.352 e. The van der Waals surface area contributed by atoms with E-state index in [0.717, 1.165) is 24.2 Å². The Hall–Kier alpha value is -3.45. The van der Waals surface area contributed by atoms with Crippen LogP contribution in [0.15, 0.2) is 48.7 Å². The van der Waals surface area contributed by atoms with Crippen LogP contribution < -0.4 is 16.0 Å². The van der Waals surface area contributed by atoms with Gasteiger partial charge in [-0.05, 0) is 75.7 Å². The standard InChI is InChI=1S/C29H38N6O/c1-7-30-28(36)23-18-31-27(17-24(23)33-26-10-8-9-25(34-26)29(2,3)4)32-21-13-11-19-12-14-22(35(5)6)16-20(19)15-21/h8-11,13,15,17-18,22H,7,12,14,16H2,1-6H3,(H,30,36)(H2,31,32,33,34). The first-order chi connectivity index (χ1) is 17.1. The molecule has 1 aliphatic carbocycles. The van der Waals surface area contributed by atoms with E-state index in [-0.39, 0.29) is 11.3 Å². The predicted octanol–water partition coefficient (Wildman–Crippen LogP) is 5.43. The summed E-state index contributed by atoms with van der Waals surface area (Å²) in [6.07, 6.45) is 4.95. The molecule has 2 heterocycles. The lowest BCUT2D eigenvalue weighted by molar-refractivity contribution is 0.0956. The van der Waals surface area contributed by atoms with Crippen molar-refractivity contribution in [3.8, 4) is 0 Å². The van der Waals surface area contributed by atoms with Crippen molar-refractivity contribution in [2.24, 2.45) is 0 Å². The second-order valence-corrected chi connectivity index (χ2v) is 10.7. The fourth-order valence-corrected chi connectivity index (χ4v) is 4.53. The monoisotopic (exact) mass is 486 g/mol. The molecule has 3 N–H and O–H groups in total. The van der Waals surface area contributed by atoms with Crippen LogP contribution >= 0.6 is 0 Å². The van der Waals surface area contributed by atoms with Crippen molar-refractivity contribution in [1.82, 2.24) is 20.2 Å². The van der Waals surface area contributed by atoms with E-state index >= 15 is 0 Å². The van der Waals surface area contributed by atoms with Gasteiger partial charge in [0.15, 0.2) is 0 Å². The van der Waals surface area contributed by atoms with Gasteiger partial charge in [0, 0.05) is 41.6 Å². The lowest BCUT2D eigenvalue weighted by atomic mass is 9.87. The highest BCUT2D eigenvalue weighted by molar-refractivity contribution is 6.00. The number of nitrogens with one attached hydrogen (secondary N) is 3. The molecule has 1 atom stereocenters. The zero-order valence-electron chi connectivity index (χ0n) is 22.3. The zero-order valence-corrected chi connectivity index (χ0v) is 22.3. The number of benzene rings is 1. The highest BCUT2D eigenvalue weighted by atomic mass is 16.1. The minimum atomic E-state index is -0.172. The van der Waals surface area contributed by atoms with Gasteiger partial charge >= 0.3 is 0 Å². The Kier molecular flexibility index (Phi) is 7.59. The van der Waals surface area contributed by atoms with Gasteiger partial charge in [-0.3, -0.25) is 4.79 Å². The van der Waals surface area contributed by atoms with Crippen LogP contribution in [0.2, 0.25) is 0 Å². The molecular formula is C29H38N6O. The van der Waals surface area contributed by atoms with E-state index in [0.29, 0.717) is 35.5 Å². The van der Waals surface area contributed by atoms with Crippen molar-refractivity contribution in [1.29, 1.82) is 0 Å². The van der Waals surface area contributed by atoms with E-state index in [1.807, 2.05) is 31.2 Å². The third-order valence-electron chi connectivity index (χ3n) is 6.68. The first-order valence-corrected chi connectivity index (χ1v) is 12.7. The van der Waals surface area contributed by atoms with Crippen molar-refractivity contribution in [3.05, 3.63) is 71.0 Å². The number of pyridine rings is 2. The molecule has 1 unspecified atom stereocenters. The van der Waals surface area contributed by atoms with E-state index in [1.54, 1.807) is 6.20 Å². The van der Waals surface area contributed by atoms with E-state index in [4.69, 9.17) is 4.98 Å². The quantitative estimate of drug-likeness (QED) is 0.413. The number of aromatic nitrogens is 2. The first kappa shape index (κ1) is 25.6. The Morgan fingerprint density at radius 2 is 1.86 bits per heavy atom. The van der Waals surface area contributed by atoms with Gasteiger partial charge in [0.05, 0.1) is 11.3 Å². The molecule has 7 heteroatoms. The first-order valence-electron chi connectivity index (χ1n) is 12.7. The molecule has 1 amide bonds. The molecule has 0 bridgehead atoms. The third kappa shape index (κ3) is 6.02. The van der Waals surface area contributed by atoms with Gasteiger partial charge in [-0.1, -0.05) is 32.9 Å². The summed E-state index contributed by atoms with van der Waals surface area (Å²) in [7, 11) is 4.30.